The van der Waals surface area contributed by atoms with Crippen molar-refractivity contribution in [2.75, 3.05) is 39.1 Å². The van der Waals surface area contributed by atoms with E-state index in [1.54, 1.807) is 61.7 Å². The van der Waals surface area contributed by atoms with E-state index in [1.165, 1.54) is 21.3 Å². The summed E-state index contributed by atoms with van der Waals surface area (Å²) in [6.45, 7) is 0. The lowest BCUT2D eigenvalue weighted by Crippen LogP contribution is -2.32. The lowest BCUT2D eigenvalue weighted by atomic mass is 10.1. The summed E-state index contributed by atoms with van der Waals surface area (Å²) in [5.41, 5.74) is 1.75. The zero-order chi connectivity index (χ0) is 26.2. The van der Waals surface area contributed by atoms with E-state index in [2.05, 4.69) is 16.0 Å². The number of rotatable bonds is 9. The minimum absolute atomic E-state index is 0.111. The molecule has 3 rings (SSSR count). The van der Waals surface area contributed by atoms with Gasteiger partial charge in [-0.25, -0.2) is 0 Å². The molecule has 0 saturated heterocycles. The van der Waals surface area contributed by atoms with Crippen molar-refractivity contribution < 1.29 is 28.8 Å². The van der Waals surface area contributed by atoms with Crippen molar-refractivity contribution >= 4 is 46.2 Å². The van der Waals surface area contributed by atoms with E-state index >= 15 is 0 Å². The Balaban J connectivity index is 1.70. The predicted molar refractivity (Wildman–Crippen MR) is 143 cm³/mol. The molecule has 0 heterocycles. The molecule has 1 atom stereocenters. The van der Waals surface area contributed by atoms with E-state index in [1.807, 2.05) is 0 Å². The Hall–Kier alpha value is -3.73. The van der Waals surface area contributed by atoms with Crippen LogP contribution in [0.25, 0.3) is 0 Å². The van der Waals surface area contributed by atoms with Crippen LogP contribution in [0.3, 0.4) is 0 Å². The first-order valence-electron chi connectivity index (χ1n) is 10.6. The van der Waals surface area contributed by atoms with Gasteiger partial charge in [-0.15, -0.1) is 0 Å². The van der Waals surface area contributed by atoms with E-state index in [9.17, 15) is 9.90 Å². The summed E-state index contributed by atoms with van der Waals surface area (Å²) in [6.07, 6.45) is -1.19. The first kappa shape index (κ1) is 26.9. The van der Waals surface area contributed by atoms with E-state index in [4.69, 9.17) is 42.8 Å². The van der Waals surface area contributed by atoms with Crippen LogP contribution in [0, 0.1) is 0 Å². The standard InChI is InChI=1S/C25H26ClN3O6S/c1-32-17-8-5-15(6-9-17)27-24(31)18-13-16(7-10-19(18)26)28-25(36)29-23(30)14-11-20(33-2)22(35-4)21(12-14)34-3/h5-13,23,30H,1-4H3,(H,27,31)(H2,28,29,36). The van der Waals surface area contributed by atoms with Gasteiger partial charge >= 0.3 is 0 Å². The van der Waals surface area contributed by atoms with Crippen molar-refractivity contribution in [3.8, 4) is 23.0 Å². The van der Waals surface area contributed by atoms with Crippen LogP contribution in [0.4, 0.5) is 11.4 Å². The third-order valence-electron chi connectivity index (χ3n) is 5.09. The zero-order valence-corrected chi connectivity index (χ0v) is 21.6. The maximum Gasteiger partial charge on any atom is 0.257 e. The highest BCUT2D eigenvalue weighted by Crippen LogP contribution is 2.39. The third kappa shape index (κ3) is 6.48. The number of benzene rings is 3. The highest BCUT2D eigenvalue weighted by molar-refractivity contribution is 7.80. The number of thiocarbonyl (C=S) groups is 1. The van der Waals surface area contributed by atoms with Gasteiger partial charge in [0.2, 0.25) is 5.75 Å². The normalized spacial score (nSPS) is 11.2. The van der Waals surface area contributed by atoms with Crippen molar-refractivity contribution in [3.63, 3.8) is 0 Å². The fourth-order valence-electron chi connectivity index (χ4n) is 3.28. The van der Waals surface area contributed by atoms with Gasteiger partial charge in [0.25, 0.3) is 5.91 Å². The monoisotopic (exact) mass is 531 g/mol. The van der Waals surface area contributed by atoms with Gasteiger partial charge in [0.05, 0.1) is 39.0 Å². The van der Waals surface area contributed by atoms with Gasteiger partial charge in [-0.1, -0.05) is 11.6 Å². The Morgan fingerprint density at radius 3 is 2.03 bits per heavy atom. The van der Waals surface area contributed by atoms with Gasteiger partial charge in [0.1, 0.15) is 5.75 Å². The SMILES string of the molecule is COc1ccc(NC(=O)c2cc(NC(=S)NC(O)c3cc(OC)c(OC)c(OC)c3)ccc2Cl)cc1. The Kier molecular flexibility index (Phi) is 9.18. The second-order valence-corrected chi connectivity index (χ2v) is 8.15. The molecule has 3 aromatic carbocycles. The van der Waals surface area contributed by atoms with Crippen molar-refractivity contribution in [2.45, 2.75) is 6.23 Å². The molecule has 0 aliphatic rings. The molecule has 0 radical (unpaired) electrons. The molecule has 0 bridgehead atoms. The van der Waals surface area contributed by atoms with Crippen LogP contribution in [-0.2, 0) is 0 Å². The maximum atomic E-state index is 12.8. The molecule has 190 valence electrons. The van der Waals surface area contributed by atoms with Crippen LogP contribution >= 0.6 is 23.8 Å². The molecule has 0 fully saturated rings. The Bertz CT molecular complexity index is 1210. The van der Waals surface area contributed by atoms with Crippen LogP contribution in [0.2, 0.25) is 5.02 Å². The number of anilines is 2. The number of amides is 1. The highest BCUT2D eigenvalue weighted by Gasteiger charge is 2.18. The van der Waals surface area contributed by atoms with E-state index in [-0.39, 0.29) is 15.7 Å². The molecular formula is C25H26ClN3O6S. The van der Waals surface area contributed by atoms with E-state index in [0.717, 1.165) is 0 Å². The molecule has 0 spiro atoms. The summed E-state index contributed by atoms with van der Waals surface area (Å²) in [5, 5.41) is 19.6. The average molecular weight is 532 g/mol. The van der Waals surface area contributed by atoms with Gasteiger partial charge in [0, 0.05) is 16.9 Å². The quantitative estimate of drug-likeness (QED) is 0.232. The molecule has 0 aliphatic carbocycles. The largest absolute Gasteiger partial charge is 0.497 e. The van der Waals surface area contributed by atoms with Gasteiger partial charge in [-0.3, -0.25) is 4.79 Å². The van der Waals surface area contributed by atoms with Crippen molar-refractivity contribution in [2.24, 2.45) is 0 Å². The lowest BCUT2D eigenvalue weighted by Gasteiger charge is -2.19. The molecule has 1 unspecified atom stereocenters. The minimum Gasteiger partial charge on any atom is -0.497 e. The molecule has 9 nitrogen and oxygen atoms in total. The van der Waals surface area contributed by atoms with Crippen LogP contribution in [0.5, 0.6) is 23.0 Å². The minimum atomic E-state index is -1.19. The number of halogens is 1. The Morgan fingerprint density at radius 2 is 1.47 bits per heavy atom. The molecule has 11 heteroatoms. The second-order valence-electron chi connectivity index (χ2n) is 7.34. The third-order valence-corrected chi connectivity index (χ3v) is 5.64. The fourth-order valence-corrected chi connectivity index (χ4v) is 3.72. The molecule has 3 aromatic rings. The van der Waals surface area contributed by atoms with Crippen molar-refractivity contribution in [3.05, 3.63) is 70.7 Å². The Labute approximate surface area is 219 Å². The van der Waals surface area contributed by atoms with Gasteiger partial charge < -0.3 is 40.0 Å². The molecule has 0 aromatic heterocycles. The second kappa shape index (κ2) is 12.3. The molecule has 4 N–H and O–H groups in total. The average Bonchev–Trinajstić information content (AvgIpc) is 2.89. The van der Waals surface area contributed by atoms with Gasteiger partial charge in [-0.05, 0) is 66.8 Å². The molecule has 1 amide bonds. The zero-order valence-electron chi connectivity index (χ0n) is 20.0. The number of aliphatic hydroxyl groups excluding tert-OH is 1. The van der Waals surface area contributed by atoms with E-state index < -0.39 is 12.1 Å². The fraction of sp³-hybridized carbons (Fsp3) is 0.200. The number of carbonyl (C=O) groups excluding carboxylic acids is 1. The number of carbonyl (C=O) groups is 1. The summed E-state index contributed by atoms with van der Waals surface area (Å²) in [6, 6.07) is 14.9. The molecular weight excluding hydrogens is 506 g/mol. The first-order valence-corrected chi connectivity index (χ1v) is 11.4. The molecule has 0 saturated carbocycles. The number of methoxy groups -OCH3 is 4. The number of nitrogens with one attached hydrogen (secondary N) is 3. The number of hydrogen-bond donors (Lipinski definition) is 4. The summed E-state index contributed by atoms with van der Waals surface area (Å²) >= 11 is 11.6. The predicted octanol–water partition coefficient (Wildman–Crippen LogP) is 4.60. The van der Waals surface area contributed by atoms with Crippen LogP contribution < -0.4 is 34.9 Å². The van der Waals surface area contributed by atoms with E-state index in [0.29, 0.717) is 39.9 Å². The van der Waals surface area contributed by atoms with Crippen molar-refractivity contribution in [1.82, 2.24) is 5.32 Å². The number of ether oxygens (including phenoxy) is 4. The molecule has 36 heavy (non-hydrogen) atoms. The van der Waals surface area contributed by atoms with Crippen molar-refractivity contribution in [1.29, 1.82) is 0 Å². The summed E-state index contributed by atoms with van der Waals surface area (Å²) in [5.74, 6) is 1.45. The maximum absolute atomic E-state index is 12.8. The first-order chi connectivity index (χ1) is 17.3. The lowest BCUT2D eigenvalue weighted by molar-refractivity contribution is 0.102. The number of aliphatic hydroxyl groups is 1. The van der Waals surface area contributed by atoms with Crippen LogP contribution in [0.15, 0.2) is 54.6 Å². The van der Waals surface area contributed by atoms with Gasteiger partial charge in [0.15, 0.2) is 22.8 Å². The Morgan fingerprint density at radius 1 is 0.861 bits per heavy atom. The molecule has 0 aliphatic heterocycles. The highest BCUT2D eigenvalue weighted by atomic mass is 35.5. The van der Waals surface area contributed by atoms with Gasteiger partial charge in [-0.2, -0.15) is 0 Å². The number of hydrogen-bond acceptors (Lipinski definition) is 7. The van der Waals surface area contributed by atoms with Crippen LogP contribution in [0.1, 0.15) is 22.1 Å². The summed E-state index contributed by atoms with van der Waals surface area (Å²) in [7, 11) is 6.02. The smallest absolute Gasteiger partial charge is 0.257 e. The summed E-state index contributed by atoms with van der Waals surface area (Å²) < 4.78 is 21.1. The van der Waals surface area contributed by atoms with Crippen LogP contribution in [-0.4, -0.2) is 44.6 Å². The topological polar surface area (TPSA) is 110 Å². The summed E-state index contributed by atoms with van der Waals surface area (Å²) in [4.78, 5) is 12.8.